The predicted octanol–water partition coefficient (Wildman–Crippen LogP) is 3.12. The van der Waals surface area contributed by atoms with Crippen LogP contribution < -0.4 is 0 Å². The second kappa shape index (κ2) is 7.69. The topological polar surface area (TPSA) is 57.7 Å². The summed E-state index contributed by atoms with van der Waals surface area (Å²) < 4.78 is 0. The lowest BCUT2D eigenvalue weighted by molar-refractivity contribution is -0.142. The monoisotopic (exact) mass is 360 g/mol. The molecule has 0 aromatic heterocycles. The van der Waals surface area contributed by atoms with E-state index in [-0.39, 0.29) is 29.6 Å². The molecule has 2 aliphatic heterocycles. The Morgan fingerprint density at radius 1 is 0.846 bits per heavy atom. The van der Waals surface area contributed by atoms with Crippen LogP contribution >= 0.6 is 0 Å². The molecule has 2 aliphatic carbocycles. The van der Waals surface area contributed by atoms with Gasteiger partial charge in [-0.2, -0.15) is 0 Å². The third kappa shape index (κ3) is 3.29. The lowest BCUT2D eigenvalue weighted by Crippen LogP contribution is -2.49. The van der Waals surface area contributed by atoms with E-state index in [0.717, 1.165) is 45.1 Å². The second-order valence-corrected chi connectivity index (χ2v) is 8.77. The van der Waals surface area contributed by atoms with Crippen LogP contribution in [0.2, 0.25) is 0 Å². The first kappa shape index (κ1) is 18.0. The number of likely N-dealkylation sites (tertiary alicyclic amines) is 2. The third-order valence-corrected chi connectivity index (χ3v) is 7.27. The molecule has 0 bridgehead atoms. The molecule has 2 saturated heterocycles. The van der Waals surface area contributed by atoms with Crippen molar-refractivity contribution >= 4 is 17.7 Å². The summed E-state index contributed by atoms with van der Waals surface area (Å²) in [7, 11) is 0. The van der Waals surface area contributed by atoms with Crippen molar-refractivity contribution in [3.05, 3.63) is 0 Å². The molecule has 0 N–H and O–H groups in total. The lowest BCUT2D eigenvalue weighted by atomic mass is 9.78. The molecule has 0 aromatic rings. The van der Waals surface area contributed by atoms with Gasteiger partial charge in [-0.1, -0.05) is 25.7 Å². The summed E-state index contributed by atoms with van der Waals surface area (Å²) in [6.45, 7) is 1.32. The van der Waals surface area contributed by atoms with Crippen molar-refractivity contribution in [1.29, 1.82) is 0 Å². The minimum Gasteiger partial charge on any atom is -0.339 e. The molecule has 4 rings (SSSR count). The van der Waals surface area contributed by atoms with Crippen molar-refractivity contribution in [1.82, 2.24) is 9.80 Å². The van der Waals surface area contributed by atoms with Crippen molar-refractivity contribution < 1.29 is 14.4 Å². The van der Waals surface area contributed by atoms with E-state index in [0.29, 0.717) is 31.3 Å². The van der Waals surface area contributed by atoms with Crippen LogP contribution in [-0.2, 0) is 14.4 Å². The molecule has 4 fully saturated rings. The highest BCUT2D eigenvalue weighted by molar-refractivity contribution is 6.05. The molecule has 4 aliphatic rings. The number of carbonyl (C=O) groups excluding carboxylic acids is 3. The first-order valence-corrected chi connectivity index (χ1v) is 10.8. The van der Waals surface area contributed by atoms with Gasteiger partial charge in [-0.15, -0.1) is 0 Å². The molecule has 0 aromatic carbocycles. The fraction of sp³-hybridized carbons (Fsp3) is 0.857. The standard InChI is InChI=1S/C21H32N2O3/c24-19(22-13-5-8-15-7-1-4-11-18(15)22)12-6-14-23-20(25)16-9-2-3-10-17(16)21(23)26/h15-18H,1-14H2/t15?,16-,17-,18?/m1/s1. The van der Waals surface area contributed by atoms with Gasteiger partial charge in [-0.3, -0.25) is 19.3 Å². The van der Waals surface area contributed by atoms with Crippen molar-refractivity contribution in [2.75, 3.05) is 13.1 Å². The van der Waals surface area contributed by atoms with Gasteiger partial charge in [-0.05, 0) is 50.9 Å². The fourth-order valence-corrected chi connectivity index (χ4v) is 5.92. The van der Waals surface area contributed by atoms with E-state index in [1.54, 1.807) is 0 Å². The maximum absolute atomic E-state index is 12.8. The van der Waals surface area contributed by atoms with Crippen LogP contribution in [0.3, 0.4) is 0 Å². The highest BCUT2D eigenvalue weighted by atomic mass is 16.2. The van der Waals surface area contributed by atoms with Crippen LogP contribution in [0.4, 0.5) is 0 Å². The van der Waals surface area contributed by atoms with Gasteiger partial charge >= 0.3 is 0 Å². The fourth-order valence-electron chi connectivity index (χ4n) is 5.92. The molecular formula is C21H32N2O3. The van der Waals surface area contributed by atoms with E-state index in [2.05, 4.69) is 4.90 Å². The molecule has 2 saturated carbocycles. The molecule has 2 heterocycles. The maximum Gasteiger partial charge on any atom is 0.233 e. The Bertz CT molecular complexity index is 550. The number of fused-ring (bicyclic) bond motifs is 2. The molecule has 0 radical (unpaired) electrons. The van der Waals surface area contributed by atoms with Gasteiger partial charge in [0, 0.05) is 25.6 Å². The average molecular weight is 360 g/mol. The van der Waals surface area contributed by atoms with Crippen LogP contribution in [0.15, 0.2) is 0 Å². The average Bonchev–Trinajstić information content (AvgIpc) is 2.92. The Hall–Kier alpha value is -1.39. The Morgan fingerprint density at radius 2 is 1.46 bits per heavy atom. The number of hydrogen-bond acceptors (Lipinski definition) is 3. The smallest absolute Gasteiger partial charge is 0.233 e. The first-order chi connectivity index (χ1) is 12.7. The zero-order chi connectivity index (χ0) is 18.1. The highest BCUT2D eigenvalue weighted by Crippen LogP contribution is 2.38. The maximum atomic E-state index is 12.8. The van der Waals surface area contributed by atoms with E-state index in [1.165, 1.54) is 30.6 Å². The van der Waals surface area contributed by atoms with Gasteiger partial charge in [0.05, 0.1) is 11.8 Å². The van der Waals surface area contributed by atoms with Crippen molar-refractivity contribution in [2.24, 2.45) is 17.8 Å². The minimum atomic E-state index is -0.0722. The normalized spacial score (nSPS) is 34.6. The summed E-state index contributed by atoms with van der Waals surface area (Å²) in [5.41, 5.74) is 0. The van der Waals surface area contributed by atoms with Crippen molar-refractivity contribution in [3.8, 4) is 0 Å². The number of imide groups is 1. The summed E-state index contributed by atoms with van der Waals surface area (Å²) in [5.74, 6) is 0.841. The van der Waals surface area contributed by atoms with E-state index >= 15 is 0 Å². The largest absolute Gasteiger partial charge is 0.339 e. The summed E-state index contributed by atoms with van der Waals surface area (Å²) >= 11 is 0. The number of hydrogen-bond donors (Lipinski definition) is 0. The van der Waals surface area contributed by atoms with E-state index in [1.807, 2.05) is 0 Å². The SMILES string of the molecule is O=C1[C@@H]2CCCC[C@H]2C(=O)N1CCCC(=O)N1CCCC2CCCCC21. The number of amides is 3. The van der Waals surface area contributed by atoms with Gasteiger partial charge in [-0.25, -0.2) is 0 Å². The Balaban J connectivity index is 1.29. The Morgan fingerprint density at radius 3 is 2.19 bits per heavy atom. The summed E-state index contributed by atoms with van der Waals surface area (Å²) in [4.78, 5) is 41.4. The number of piperidine rings is 1. The van der Waals surface area contributed by atoms with E-state index in [9.17, 15) is 14.4 Å². The summed E-state index contributed by atoms with van der Waals surface area (Å²) in [5, 5.41) is 0. The van der Waals surface area contributed by atoms with Crippen LogP contribution in [0, 0.1) is 17.8 Å². The predicted molar refractivity (Wildman–Crippen MR) is 98.1 cm³/mol. The molecule has 3 amide bonds. The van der Waals surface area contributed by atoms with Gasteiger partial charge in [0.15, 0.2) is 0 Å². The van der Waals surface area contributed by atoms with E-state index < -0.39 is 0 Å². The molecule has 144 valence electrons. The number of carbonyl (C=O) groups is 3. The van der Waals surface area contributed by atoms with Gasteiger partial charge in [0.25, 0.3) is 0 Å². The van der Waals surface area contributed by atoms with Crippen LogP contribution in [-0.4, -0.2) is 46.7 Å². The summed E-state index contributed by atoms with van der Waals surface area (Å²) in [6, 6.07) is 0.447. The lowest BCUT2D eigenvalue weighted by Gasteiger charge is -2.44. The van der Waals surface area contributed by atoms with E-state index in [4.69, 9.17) is 0 Å². The zero-order valence-electron chi connectivity index (χ0n) is 15.8. The minimum absolute atomic E-state index is 0.0254. The first-order valence-electron chi connectivity index (χ1n) is 10.8. The van der Waals surface area contributed by atoms with Gasteiger partial charge in [0.1, 0.15) is 0 Å². The van der Waals surface area contributed by atoms with Crippen LogP contribution in [0.25, 0.3) is 0 Å². The third-order valence-electron chi connectivity index (χ3n) is 7.27. The van der Waals surface area contributed by atoms with Crippen LogP contribution in [0.1, 0.15) is 77.0 Å². The Labute approximate surface area is 156 Å². The number of rotatable bonds is 4. The number of nitrogens with zero attached hydrogens (tertiary/aromatic N) is 2. The van der Waals surface area contributed by atoms with Gasteiger partial charge in [0.2, 0.25) is 17.7 Å². The highest BCUT2D eigenvalue weighted by Gasteiger charge is 2.47. The molecule has 4 atom stereocenters. The molecule has 0 spiro atoms. The molecule has 5 nitrogen and oxygen atoms in total. The summed E-state index contributed by atoms with van der Waals surface area (Å²) in [6.07, 6.45) is 12.3. The zero-order valence-corrected chi connectivity index (χ0v) is 15.8. The second-order valence-electron chi connectivity index (χ2n) is 8.77. The van der Waals surface area contributed by atoms with Gasteiger partial charge < -0.3 is 4.90 Å². The molecule has 5 heteroatoms. The molecular weight excluding hydrogens is 328 g/mol. The quantitative estimate of drug-likeness (QED) is 0.724. The van der Waals surface area contributed by atoms with Crippen molar-refractivity contribution in [2.45, 2.75) is 83.1 Å². The van der Waals surface area contributed by atoms with Crippen LogP contribution in [0.5, 0.6) is 0 Å². The molecule has 2 unspecified atom stereocenters. The van der Waals surface area contributed by atoms with Crippen molar-refractivity contribution in [3.63, 3.8) is 0 Å². The molecule has 26 heavy (non-hydrogen) atoms. The Kier molecular flexibility index (Phi) is 5.32.